The van der Waals surface area contributed by atoms with Gasteiger partial charge in [0.25, 0.3) is 0 Å². The summed E-state index contributed by atoms with van der Waals surface area (Å²) in [6.07, 6.45) is 2.93. The number of nitrogens with zero attached hydrogens (tertiary/aromatic N) is 2. The molecule has 3 aromatic rings. The van der Waals surface area contributed by atoms with Gasteiger partial charge in [-0.05, 0) is 54.7 Å². The molecule has 1 aliphatic carbocycles. The maximum Gasteiger partial charge on any atom is 0.149 e. The van der Waals surface area contributed by atoms with Crippen molar-refractivity contribution in [3.63, 3.8) is 0 Å². The highest BCUT2D eigenvalue weighted by molar-refractivity contribution is 6.01. The Morgan fingerprint density at radius 1 is 1.03 bits per heavy atom. The smallest absolute Gasteiger partial charge is 0.149 e. The number of rotatable bonds is 3. The van der Waals surface area contributed by atoms with Crippen molar-refractivity contribution >= 4 is 17.0 Å². The predicted molar refractivity (Wildman–Crippen MR) is 124 cm³/mol. The van der Waals surface area contributed by atoms with Crippen LogP contribution in [0.15, 0.2) is 65.7 Å². The summed E-state index contributed by atoms with van der Waals surface area (Å²) in [5.74, 6) is 0.0894. The van der Waals surface area contributed by atoms with Gasteiger partial charge in [-0.3, -0.25) is 9.98 Å². The van der Waals surface area contributed by atoms with Gasteiger partial charge >= 0.3 is 0 Å². The third-order valence-corrected chi connectivity index (χ3v) is 6.95. The molecular weight excluding hydrogens is 371 g/mol. The van der Waals surface area contributed by atoms with Gasteiger partial charge in [0.05, 0.1) is 11.4 Å². The van der Waals surface area contributed by atoms with E-state index < -0.39 is 0 Å². The van der Waals surface area contributed by atoms with Crippen LogP contribution in [-0.4, -0.2) is 10.7 Å². The zero-order valence-corrected chi connectivity index (χ0v) is 17.8. The van der Waals surface area contributed by atoms with Crippen LogP contribution in [0.2, 0.25) is 0 Å². The summed E-state index contributed by atoms with van der Waals surface area (Å²) < 4.78 is 15.1. The van der Waals surface area contributed by atoms with Crippen LogP contribution >= 0.6 is 0 Å². The summed E-state index contributed by atoms with van der Waals surface area (Å²) in [5, 5.41) is 0. The predicted octanol–water partition coefficient (Wildman–Crippen LogP) is 7.14. The Hall–Kier alpha value is -3.07. The molecule has 0 spiro atoms. The van der Waals surface area contributed by atoms with Gasteiger partial charge in [-0.25, -0.2) is 4.39 Å². The number of hydrogen-bond acceptors (Lipinski definition) is 2. The molecule has 1 aromatic heterocycles. The van der Waals surface area contributed by atoms with Crippen LogP contribution in [0.4, 0.5) is 10.1 Å². The van der Waals surface area contributed by atoms with Gasteiger partial charge in [0, 0.05) is 30.1 Å². The molecule has 2 nitrogen and oxygen atoms in total. The molecule has 0 saturated carbocycles. The van der Waals surface area contributed by atoms with Gasteiger partial charge in [-0.2, -0.15) is 0 Å². The average molecular weight is 399 g/mol. The number of hydrogen-bond donors (Lipinski definition) is 0. The molecule has 0 saturated heterocycles. The van der Waals surface area contributed by atoms with Crippen molar-refractivity contribution in [3.8, 4) is 11.3 Å². The van der Waals surface area contributed by atoms with Crippen molar-refractivity contribution in [3.05, 3.63) is 88.9 Å². The first-order chi connectivity index (χ1) is 14.4. The molecule has 3 heteroatoms. The van der Waals surface area contributed by atoms with Gasteiger partial charge < -0.3 is 0 Å². The van der Waals surface area contributed by atoms with Crippen molar-refractivity contribution in [1.82, 2.24) is 4.98 Å². The highest BCUT2D eigenvalue weighted by Gasteiger charge is 2.41. The molecule has 0 amide bonds. The zero-order chi connectivity index (χ0) is 21.0. The fourth-order valence-corrected chi connectivity index (χ4v) is 4.73. The monoisotopic (exact) mass is 398 g/mol. The lowest BCUT2D eigenvalue weighted by atomic mass is 9.71. The SMILES string of the molecule is CC1=Nc2c(F)cc(C3=CCc4nc(-c5ccccc5)ccc43)cc2C1(C)C(C)C.[HH]. The first-order valence-electron chi connectivity index (χ1n) is 10.6. The number of aromatic nitrogens is 1. The molecule has 5 rings (SSSR count). The minimum absolute atomic E-state index is 0. The van der Waals surface area contributed by atoms with E-state index in [0.717, 1.165) is 51.3 Å². The van der Waals surface area contributed by atoms with Crippen LogP contribution in [0.25, 0.3) is 16.8 Å². The minimum Gasteiger partial charge on any atom is -0.254 e. The van der Waals surface area contributed by atoms with Crippen molar-refractivity contribution in [2.75, 3.05) is 0 Å². The maximum atomic E-state index is 15.1. The van der Waals surface area contributed by atoms with Crippen LogP contribution in [0.1, 0.15) is 51.5 Å². The van der Waals surface area contributed by atoms with E-state index in [4.69, 9.17) is 4.98 Å². The van der Waals surface area contributed by atoms with E-state index in [1.165, 1.54) is 0 Å². The molecule has 0 radical (unpaired) electrons. The first-order valence-corrected chi connectivity index (χ1v) is 10.6. The fourth-order valence-electron chi connectivity index (χ4n) is 4.73. The third-order valence-electron chi connectivity index (χ3n) is 6.95. The van der Waals surface area contributed by atoms with Gasteiger partial charge in [0.15, 0.2) is 0 Å². The molecule has 152 valence electrons. The van der Waals surface area contributed by atoms with Crippen LogP contribution in [-0.2, 0) is 11.8 Å². The lowest BCUT2D eigenvalue weighted by Gasteiger charge is -2.31. The van der Waals surface area contributed by atoms with E-state index in [1.54, 1.807) is 6.07 Å². The summed E-state index contributed by atoms with van der Waals surface area (Å²) >= 11 is 0. The topological polar surface area (TPSA) is 25.2 Å². The Kier molecular flexibility index (Phi) is 4.25. The standard InChI is InChI=1S/C27H25FN2.H2/c1-16(2)27(4)17(3)29-26-22(27)14-19(15-23(26)28)20-10-13-25-21(20)11-12-24(30-25)18-8-6-5-7-9-18;/h5-12,14-16H,13H2,1-4H3;1H. The molecule has 1 aliphatic heterocycles. The third kappa shape index (κ3) is 2.68. The summed E-state index contributed by atoms with van der Waals surface area (Å²) in [6, 6.07) is 18.2. The normalized spacial score (nSPS) is 19.5. The minimum atomic E-state index is -0.246. The molecule has 2 aromatic carbocycles. The molecule has 0 N–H and O–H groups in total. The van der Waals surface area contributed by atoms with Crippen LogP contribution in [0.5, 0.6) is 0 Å². The molecule has 2 heterocycles. The van der Waals surface area contributed by atoms with Gasteiger partial charge in [0.1, 0.15) is 11.5 Å². The Labute approximate surface area is 178 Å². The van der Waals surface area contributed by atoms with E-state index in [0.29, 0.717) is 11.6 Å². The van der Waals surface area contributed by atoms with E-state index in [1.807, 2.05) is 25.1 Å². The largest absolute Gasteiger partial charge is 0.254 e. The molecule has 2 aliphatic rings. The average Bonchev–Trinajstić information content (AvgIpc) is 3.28. The number of benzene rings is 2. The number of halogens is 1. The molecule has 0 bridgehead atoms. The Morgan fingerprint density at radius 2 is 1.80 bits per heavy atom. The van der Waals surface area contributed by atoms with Crippen molar-refractivity contribution in [2.45, 2.75) is 39.5 Å². The van der Waals surface area contributed by atoms with Crippen LogP contribution < -0.4 is 0 Å². The second-order valence-corrected chi connectivity index (χ2v) is 8.79. The molecular formula is C27H27FN2. The summed E-state index contributed by atoms with van der Waals surface area (Å²) in [6.45, 7) is 8.55. The quantitative estimate of drug-likeness (QED) is 0.460. The van der Waals surface area contributed by atoms with Crippen molar-refractivity contribution in [1.29, 1.82) is 0 Å². The van der Waals surface area contributed by atoms with E-state index in [-0.39, 0.29) is 12.7 Å². The second-order valence-electron chi connectivity index (χ2n) is 8.79. The lowest BCUT2D eigenvalue weighted by molar-refractivity contribution is 0.455. The van der Waals surface area contributed by atoms with E-state index >= 15 is 4.39 Å². The number of fused-ring (bicyclic) bond motifs is 2. The Balaban J connectivity index is 0.00000231. The lowest BCUT2D eigenvalue weighted by Crippen LogP contribution is -2.33. The van der Waals surface area contributed by atoms with Gasteiger partial charge in [-0.15, -0.1) is 0 Å². The first kappa shape index (κ1) is 18.9. The Bertz CT molecular complexity index is 1230. The molecule has 30 heavy (non-hydrogen) atoms. The zero-order valence-electron chi connectivity index (χ0n) is 17.8. The fraction of sp³-hybridized carbons (Fsp3) is 0.259. The number of pyridine rings is 1. The van der Waals surface area contributed by atoms with Crippen molar-refractivity contribution in [2.24, 2.45) is 10.9 Å². The van der Waals surface area contributed by atoms with Crippen molar-refractivity contribution < 1.29 is 5.82 Å². The molecule has 0 fully saturated rings. The van der Waals surface area contributed by atoms with Crippen LogP contribution in [0.3, 0.4) is 0 Å². The molecule has 1 atom stereocenters. The van der Waals surface area contributed by atoms with Gasteiger partial charge in [0.2, 0.25) is 0 Å². The van der Waals surface area contributed by atoms with E-state index in [9.17, 15) is 0 Å². The highest BCUT2D eigenvalue weighted by atomic mass is 19.1. The molecule has 1 unspecified atom stereocenters. The highest BCUT2D eigenvalue weighted by Crippen LogP contribution is 2.48. The van der Waals surface area contributed by atoms with Gasteiger partial charge in [-0.1, -0.05) is 56.3 Å². The summed E-state index contributed by atoms with van der Waals surface area (Å²) in [5.41, 5.74) is 8.44. The number of aliphatic imine (C=N–C) groups is 1. The second kappa shape index (κ2) is 6.73. The summed E-state index contributed by atoms with van der Waals surface area (Å²) in [4.78, 5) is 9.49. The Morgan fingerprint density at radius 3 is 2.53 bits per heavy atom. The summed E-state index contributed by atoms with van der Waals surface area (Å²) in [7, 11) is 0. The number of allylic oxidation sites excluding steroid dienone is 1. The van der Waals surface area contributed by atoms with E-state index in [2.05, 4.69) is 62.2 Å². The van der Waals surface area contributed by atoms with Crippen LogP contribution in [0, 0.1) is 11.7 Å². The maximum absolute atomic E-state index is 15.1.